The third kappa shape index (κ3) is 3.11. The molecular formula is C22H26N4O2. The van der Waals surface area contributed by atoms with Gasteiger partial charge in [0.25, 0.3) is 5.91 Å². The molecule has 1 amide bonds. The molecule has 0 saturated carbocycles. The van der Waals surface area contributed by atoms with E-state index in [-0.39, 0.29) is 17.6 Å². The van der Waals surface area contributed by atoms with Crippen molar-refractivity contribution in [3.8, 4) is 0 Å². The Morgan fingerprint density at radius 3 is 2.68 bits per heavy atom. The maximum Gasteiger partial charge on any atom is 0.253 e. The monoisotopic (exact) mass is 378 g/mol. The summed E-state index contributed by atoms with van der Waals surface area (Å²) in [4.78, 5) is 24.0. The second-order valence-electron chi connectivity index (χ2n) is 8.48. The van der Waals surface area contributed by atoms with Gasteiger partial charge in [0.2, 0.25) is 0 Å². The number of amides is 1. The summed E-state index contributed by atoms with van der Waals surface area (Å²) < 4.78 is 0. The summed E-state index contributed by atoms with van der Waals surface area (Å²) in [6, 6.07) is 14.0. The standard InChI is InChI=1S/C22H26N4O2/c27-20-9-19-12-24(11-17-5-4-8-23-10-17)14-22(26(19)13-20)15-25(16-22)21(28)18-6-2-1-3-7-18/h1-8,10,19-20,27H,9,11-16H2/t19-,20-/m1/s1. The Morgan fingerprint density at radius 2 is 1.93 bits per heavy atom. The largest absolute Gasteiger partial charge is 0.392 e. The first kappa shape index (κ1) is 17.8. The average Bonchev–Trinajstić information content (AvgIpc) is 3.07. The molecule has 1 spiro atoms. The lowest BCUT2D eigenvalue weighted by Gasteiger charge is -2.61. The zero-order valence-electron chi connectivity index (χ0n) is 15.9. The molecule has 6 heteroatoms. The van der Waals surface area contributed by atoms with Gasteiger partial charge in [-0.2, -0.15) is 0 Å². The highest BCUT2D eigenvalue weighted by atomic mass is 16.3. The molecular weight excluding hydrogens is 352 g/mol. The second-order valence-corrected chi connectivity index (χ2v) is 8.48. The number of hydrogen-bond donors (Lipinski definition) is 1. The molecule has 0 radical (unpaired) electrons. The number of rotatable bonds is 3. The number of hydrogen-bond acceptors (Lipinski definition) is 5. The number of nitrogens with zero attached hydrogens (tertiary/aromatic N) is 4. The smallest absolute Gasteiger partial charge is 0.253 e. The summed E-state index contributed by atoms with van der Waals surface area (Å²) in [5.41, 5.74) is 1.91. The van der Waals surface area contributed by atoms with E-state index in [1.54, 1.807) is 6.20 Å². The van der Waals surface area contributed by atoms with Gasteiger partial charge in [-0.1, -0.05) is 24.3 Å². The van der Waals surface area contributed by atoms with Crippen molar-refractivity contribution >= 4 is 5.91 Å². The summed E-state index contributed by atoms with van der Waals surface area (Å²) in [7, 11) is 0. The molecule has 146 valence electrons. The van der Waals surface area contributed by atoms with E-state index in [0.29, 0.717) is 6.04 Å². The Kier molecular flexibility index (Phi) is 4.42. The van der Waals surface area contributed by atoms with Gasteiger partial charge in [0.05, 0.1) is 11.6 Å². The zero-order chi connectivity index (χ0) is 19.1. The second kappa shape index (κ2) is 6.95. The highest BCUT2D eigenvalue weighted by Crippen LogP contribution is 2.39. The number of benzene rings is 1. The number of aliphatic hydroxyl groups is 1. The van der Waals surface area contributed by atoms with Gasteiger partial charge in [-0.05, 0) is 30.2 Å². The number of pyridine rings is 1. The minimum Gasteiger partial charge on any atom is -0.392 e. The maximum atomic E-state index is 12.8. The van der Waals surface area contributed by atoms with Crippen LogP contribution < -0.4 is 0 Å². The Labute approximate surface area is 165 Å². The number of likely N-dealkylation sites (tertiary alicyclic amines) is 1. The average molecular weight is 378 g/mol. The van der Waals surface area contributed by atoms with Gasteiger partial charge in [0.15, 0.2) is 0 Å². The zero-order valence-corrected chi connectivity index (χ0v) is 15.9. The molecule has 3 saturated heterocycles. The fourth-order valence-electron chi connectivity index (χ4n) is 5.24. The minimum absolute atomic E-state index is 0.0486. The van der Waals surface area contributed by atoms with Crippen molar-refractivity contribution in [3.05, 3.63) is 66.0 Å². The van der Waals surface area contributed by atoms with Crippen LogP contribution in [0.3, 0.4) is 0 Å². The van der Waals surface area contributed by atoms with Crippen LogP contribution in [0, 0.1) is 0 Å². The van der Waals surface area contributed by atoms with E-state index in [9.17, 15) is 9.90 Å². The van der Waals surface area contributed by atoms with Crippen LogP contribution >= 0.6 is 0 Å². The molecule has 1 aromatic carbocycles. The third-order valence-corrected chi connectivity index (χ3v) is 6.40. The third-order valence-electron chi connectivity index (χ3n) is 6.40. The van der Waals surface area contributed by atoms with E-state index in [0.717, 1.165) is 51.3 Å². The summed E-state index contributed by atoms with van der Waals surface area (Å²) in [5, 5.41) is 10.3. The summed E-state index contributed by atoms with van der Waals surface area (Å²) in [6.07, 6.45) is 4.28. The molecule has 5 rings (SSSR count). The lowest BCUT2D eigenvalue weighted by Crippen LogP contribution is -2.78. The molecule has 28 heavy (non-hydrogen) atoms. The fourth-order valence-corrected chi connectivity index (χ4v) is 5.24. The van der Waals surface area contributed by atoms with Crippen LogP contribution in [-0.4, -0.2) is 81.1 Å². The van der Waals surface area contributed by atoms with E-state index in [2.05, 4.69) is 20.9 Å². The van der Waals surface area contributed by atoms with Gasteiger partial charge < -0.3 is 10.0 Å². The predicted molar refractivity (Wildman–Crippen MR) is 106 cm³/mol. The van der Waals surface area contributed by atoms with Crippen LogP contribution in [0.1, 0.15) is 22.3 Å². The predicted octanol–water partition coefficient (Wildman–Crippen LogP) is 1.23. The van der Waals surface area contributed by atoms with Crippen LogP contribution in [-0.2, 0) is 6.54 Å². The van der Waals surface area contributed by atoms with Gasteiger partial charge in [-0.15, -0.1) is 0 Å². The quantitative estimate of drug-likeness (QED) is 0.871. The lowest BCUT2D eigenvalue weighted by molar-refractivity contribution is -0.102. The molecule has 1 N–H and O–H groups in total. The van der Waals surface area contributed by atoms with Gasteiger partial charge >= 0.3 is 0 Å². The van der Waals surface area contributed by atoms with E-state index in [4.69, 9.17) is 0 Å². The topological polar surface area (TPSA) is 59.9 Å². The number of carbonyl (C=O) groups is 1. The van der Waals surface area contributed by atoms with Gasteiger partial charge in [0.1, 0.15) is 0 Å². The molecule has 0 bridgehead atoms. The van der Waals surface area contributed by atoms with E-state index < -0.39 is 0 Å². The number of aromatic nitrogens is 1. The van der Waals surface area contributed by atoms with Crippen molar-refractivity contribution in [2.45, 2.75) is 30.7 Å². The Balaban J connectivity index is 1.33. The summed E-state index contributed by atoms with van der Waals surface area (Å²) in [6.45, 7) is 4.92. The summed E-state index contributed by atoms with van der Waals surface area (Å²) >= 11 is 0. The van der Waals surface area contributed by atoms with Gasteiger partial charge in [-0.3, -0.25) is 19.6 Å². The maximum absolute atomic E-state index is 12.8. The summed E-state index contributed by atoms with van der Waals surface area (Å²) in [5.74, 6) is 0.104. The van der Waals surface area contributed by atoms with E-state index in [1.165, 1.54) is 5.56 Å². The van der Waals surface area contributed by atoms with Crippen molar-refractivity contribution in [3.63, 3.8) is 0 Å². The Bertz CT molecular complexity index is 838. The first-order chi connectivity index (χ1) is 13.6. The van der Waals surface area contributed by atoms with Gasteiger partial charge in [0, 0.05) is 63.3 Å². The Hall–Kier alpha value is -2.28. The molecule has 3 aliphatic heterocycles. The van der Waals surface area contributed by atoms with Crippen molar-refractivity contribution in [2.24, 2.45) is 0 Å². The molecule has 2 aromatic rings. The van der Waals surface area contributed by atoms with Crippen LogP contribution in [0.5, 0.6) is 0 Å². The van der Waals surface area contributed by atoms with Crippen LogP contribution in [0.2, 0.25) is 0 Å². The number of aliphatic hydroxyl groups excluding tert-OH is 1. The van der Waals surface area contributed by atoms with Crippen molar-refractivity contribution in [1.29, 1.82) is 0 Å². The minimum atomic E-state index is -0.265. The van der Waals surface area contributed by atoms with Gasteiger partial charge in [-0.25, -0.2) is 0 Å². The van der Waals surface area contributed by atoms with Crippen molar-refractivity contribution in [1.82, 2.24) is 19.7 Å². The molecule has 3 aliphatic rings. The lowest BCUT2D eigenvalue weighted by atomic mass is 9.83. The molecule has 1 aromatic heterocycles. The van der Waals surface area contributed by atoms with E-state index >= 15 is 0 Å². The molecule has 6 nitrogen and oxygen atoms in total. The number of carbonyl (C=O) groups excluding carboxylic acids is 1. The highest BCUT2D eigenvalue weighted by Gasteiger charge is 2.57. The van der Waals surface area contributed by atoms with E-state index in [1.807, 2.05) is 47.5 Å². The number of piperazine rings is 1. The molecule has 0 unspecified atom stereocenters. The number of β-amino-alcohol motifs (C(OH)–C–C–N with tert-alkyl or cyclic N) is 1. The number of fused-ring (bicyclic) bond motifs is 2. The highest BCUT2D eigenvalue weighted by molar-refractivity contribution is 5.95. The normalized spacial score (nSPS) is 26.8. The van der Waals surface area contributed by atoms with Crippen molar-refractivity contribution < 1.29 is 9.90 Å². The van der Waals surface area contributed by atoms with Crippen molar-refractivity contribution in [2.75, 3.05) is 32.7 Å². The van der Waals surface area contributed by atoms with Crippen LogP contribution in [0.25, 0.3) is 0 Å². The fraction of sp³-hybridized carbons (Fsp3) is 0.455. The molecule has 2 atom stereocenters. The van der Waals surface area contributed by atoms with Crippen LogP contribution in [0.4, 0.5) is 0 Å². The first-order valence-corrected chi connectivity index (χ1v) is 10.0. The molecule has 4 heterocycles. The first-order valence-electron chi connectivity index (χ1n) is 10.0. The Morgan fingerprint density at radius 1 is 1.11 bits per heavy atom. The molecule has 3 fully saturated rings. The SMILES string of the molecule is O=C(c1ccccc1)N1CC2(CN(Cc3cccnc3)C[C@H]3C[C@@H](O)CN32)C1. The molecule has 0 aliphatic carbocycles. The van der Waals surface area contributed by atoms with Crippen LogP contribution in [0.15, 0.2) is 54.9 Å².